The number of rotatable bonds is 17. The molecule has 1 unspecified atom stereocenters. The number of thiazole rings is 1. The van der Waals surface area contributed by atoms with Crippen LogP contribution in [-0.2, 0) is 21.4 Å². The first-order valence-electron chi connectivity index (χ1n) is 15.2. The van der Waals surface area contributed by atoms with Gasteiger partial charge in [-0.3, -0.25) is 18.7 Å². The summed E-state index contributed by atoms with van der Waals surface area (Å²) < 4.78 is 28.1. The summed E-state index contributed by atoms with van der Waals surface area (Å²) in [4.78, 5) is 44.4. The van der Waals surface area contributed by atoms with Gasteiger partial charge in [0.05, 0.1) is 29.0 Å². The number of carbonyl (C=O) groups is 3. The minimum absolute atomic E-state index is 0.0710. The summed E-state index contributed by atoms with van der Waals surface area (Å²) in [5.74, 6) is -0.454. The molecule has 3 atom stereocenters. The fourth-order valence-electron chi connectivity index (χ4n) is 4.75. The number of hydrogen-bond donors (Lipinski definition) is 4. The first-order valence-corrected chi connectivity index (χ1v) is 18.5. The van der Waals surface area contributed by atoms with Gasteiger partial charge in [-0.1, -0.05) is 6.92 Å². The first kappa shape index (κ1) is 35.5. The molecular formula is C31H43N7O5S3. The Morgan fingerprint density at radius 1 is 1.02 bits per heavy atom. The van der Waals surface area contributed by atoms with Crippen molar-refractivity contribution in [2.75, 3.05) is 38.5 Å². The monoisotopic (exact) mass is 689 g/mol. The van der Waals surface area contributed by atoms with Crippen LogP contribution in [0.4, 0.5) is 5.69 Å². The molecule has 2 aromatic heterocycles. The average molecular weight is 690 g/mol. The molecule has 0 radical (unpaired) electrons. The first-order chi connectivity index (χ1) is 21.9. The molecule has 1 aliphatic rings. The minimum atomic E-state index is -3.92. The van der Waals surface area contributed by atoms with Crippen LogP contribution in [0.5, 0.6) is 0 Å². The Balaban J connectivity index is 1.58. The third kappa shape index (κ3) is 9.58. The van der Waals surface area contributed by atoms with Crippen molar-refractivity contribution in [1.29, 1.82) is 0 Å². The average Bonchev–Trinajstić information content (AvgIpc) is 3.43. The van der Waals surface area contributed by atoms with Crippen LogP contribution in [0.1, 0.15) is 71.1 Å². The van der Waals surface area contributed by atoms with Gasteiger partial charge in [-0.25, -0.2) is 4.98 Å². The molecule has 12 nitrogen and oxygen atoms in total. The van der Waals surface area contributed by atoms with Crippen LogP contribution in [-0.4, -0.2) is 81.7 Å². The largest absolute Gasteiger partial charge is 0.354 e. The molecule has 3 amide bonds. The van der Waals surface area contributed by atoms with Crippen molar-refractivity contribution in [3.63, 3.8) is 0 Å². The molecular weight excluding hydrogens is 647 g/mol. The van der Waals surface area contributed by atoms with Crippen LogP contribution in [0.3, 0.4) is 0 Å². The lowest BCUT2D eigenvalue weighted by Crippen LogP contribution is -2.50. The van der Waals surface area contributed by atoms with Crippen molar-refractivity contribution in [3.8, 4) is 0 Å². The normalized spacial score (nSPS) is 15.2. The number of anilines is 1. The summed E-state index contributed by atoms with van der Waals surface area (Å²) in [7, 11) is 0.269. The summed E-state index contributed by atoms with van der Waals surface area (Å²) in [5.41, 5.74) is 3.85. The third-order valence-electron chi connectivity index (χ3n) is 7.88. The maximum absolute atomic E-state index is 13.8. The van der Waals surface area contributed by atoms with Crippen molar-refractivity contribution >= 4 is 56.3 Å². The Morgan fingerprint density at radius 2 is 1.72 bits per heavy atom. The van der Waals surface area contributed by atoms with Crippen molar-refractivity contribution in [3.05, 3.63) is 68.3 Å². The summed E-state index contributed by atoms with van der Waals surface area (Å²) >= 11 is 2.96. The van der Waals surface area contributed by atoms with E-state index in [9.17, 15) is 22.8 Å². The van der Waals surface area contributed by atoms with Crippen LogP contribution < -0.4 is 25.6 Å². The predicted molar refractivity (Wildman–Crippen MR) is 183 cm³/mol. The molecule has 46 heavy (non-hydrogen) atoms. The summed E-state index contributed by atoms with van der Waals surface area (Å²) in [5, 5.41) is 18.0. The summed E-state index contributed by atoms with van der Waals surface area (Å²) in [6.45, 7) is 4.74. The molecule has 2 heterocycles. The minimum Gasteiger partial charge on any atom is -0.354 e. The predicted octanol–water partition coefficient (Wildman–Crippen LogP) is 3.17. The van der Waals surface area contributed by atoms with Gasteiger partial charge in [0.25, 0.3) is 11.8 Å². The van der Waals surface area contributed by atoms with Gasteiger partial charge >= 0.3 is 10.2 Å². The number of aromatic nitrogens is 1. The summed E-state index contributed by atoms with van der Waals surface area (Å²) in [6.07, 6.45) is 3.26. The van der Waals surface area contributed by atoms with Crippen molar-refractivity contribution in [2.45, 2.75) is 57.7 Å². The topological polar surface area (TPSA) is 153 Å². The van der Waals surface area contributed by atoms with E-state index in [0.29, 0.717) is 31.8 Å². The second kappa shape index (κ2) is 16.0. The SMILES string of the molecule is CC[C@H](NC[C@H](Cc1cscn1)NC(=O)c1cc(C(=O)NC(C)c2ccsc2)cc(N(C)S(=O)(=O)N(C)C)c1)C(=O)NCC1CC1. The maximum atomic E-state index is 13.8. The van der Waals surface area contributed by atoms with Crippen LogP contribution in [0.2, 0.25) is 0 Å². The molecule has 4 N–H and O–H groups in total. The van der Waals surface area contributed by atoms with E-state index >= 15 is 0 Å². The number of thiophene rings is 1. The second-order valence-corrected chi connectivity index (χ2v) is 15.4. The Kier molecular flexibility index (Phi) is 12.3. The van der Waals surface area contributed by atoms with Crippen molar-refractivity contribution in [1.82, 2.24) is 30.6 Å². The molecule has 250 valence electrons. The molecule has 1 saturated carbocycles. The van der Waals surface area contributed by atoms with Gasteiger partial charge in [0.2, 0.25) is 5.91 Å². The molecule has 1 aromatic carbocycles. The number of carbonyl (C=O) groups excluding carboxylic acids is 3. The standard InChI is InChI=1S/C31H43N7O5S3/c1-6-28(31(41)33-15-21-7-8-21)32-16-25(14-26-18-45-19-34-26)36-30(40)24-11-23(29(39)35-20(2)22-9-10-44-17-22)12-27(13-24)38(5)46(42,43)37(3)4/h9-13,17-21,25,28,32H,6-8,14-16H2,1-5H3,(H,33,41)(H,35,39)(H,36,40)/t20?,25-,28-/m0/s1. The molecule has 4 rings (SSSR count). The fraction of sp³-hybridized carbons (Fsp3) is 0.484. The van der Waals surface area contributed by atoms with E-state index in [4.69, 9.17) is 0 Å². The van der Waals surface area contributed by atoms with Crippen LogP contribution in [0.25, 0.3) is 0 Å². The quantitative estimate of drug-likeness (QED) is 0.170. The van der Waals surface area contributed by atoms with Crippen LogP contribution >= 0.6 is 22.7 Å². The summed E-state index contributed by atoms with van der Waals surface area (Å²) in [6, 6.07) is 5.09. The van der Waals surface area contributed by atoms with E-state index in [0.717, 1.165) is 32.7 Å². The Bertz CT molecular complexity index is 1580. The van der Waals surface area contributed by atoms with Gasteiger partial charge in [-0.05, 0) is 72.7 Å². The van der Waals surface area contributed by atoms with Gasteiger partial charge in [0.15, 0.2) is 0 Å². The lowest BCUT2D eigenvalue weighted by atomic mass is 10.1. The van der Waals surface area contributed by atoms with Gasteiger partial charge in [-0.2, -0.15) is 24.1 Å². The number of benzene rings is 1. The lowest BCUT2D eigenvalue weighted by molar-refractivity contribution is -0.123. The zero-order chi connectivity index (χ0) is 33.4. The molecule has 1 aliphatic carbocycles. The van der Waals surface area contributed by atoms with E-state index in [1.165, 1.54) is 62.0 Å². The molecule has 0 bridgehead atoms. The van der Waals surface area contributed by atoms with E-state index < -0.39 is 34.1 Å². The highest BCUT2D eigenvalue weighted by Crippen LogP contribution is 2.27. The highest BCUT2D eigenvalue weighted by atomic mass is 32.2. The smallest absolute Gasteiger partial charge is 0.303 e. The van der Waals surface area contributed by atoms with Crippen LogP contribution in [0, 0.1) is 5.92 Å². The van der Waals surface area contributed by atoms with E-state index in [2.05, 4.69) is 26.3 Å². The van der Waals surface area contributed by atoms with E-state index in [1.54, 1.807) is 5.51 Å². The molecule has 15 heteroatoms. The third-order valence-corrected chi connectivity index (χ3v) is 11.0. The number of hydrogen-bond acceptors (Lipinski definition) is 9. The zero-order valence-corrected chi connectivity index (χ0v) is 29.2. The zero-order valence-electron chi connectivity index (χ0n) is 26.8. The number of nitrogens with one attached hydrogen (secondary N) is 4. The van der Waals surface area contributed by atoms with Gasteiger partial charge in [-0.15, -0.1) is 11.3 Å². The van der Waals surface area contributed by atoms with E-state index in [-0.39, 0.29) is 28.8 Å². The molecule has 0 spiro atoms. The van der Waals surface area contributed by atoms with Crippen molar-refractivity contribution in [2.24, 2.45) is 5.92 Å². The highest BCUT2D eigenvalue weighted by molar-refractivity contribution is 7.90. The number of amides is 3. The Labute approximate surface area is 279 Å². The molecule has 0 saturated heterocycles. The molecule has 0 aliphatic heterocycles. The van der Waals surface area contributed by atoms with E-state index in [1.807, 2.05) is 36.1 Å². The van der Waals surface area contributed by atoms with Crippen molar-refractivity contribution < 1.29 is 22.8 Å². The molecule has 3 aromatic rings. The lowest BCUT2D eigenvalue weighted by Gasteiger charge is -2.25. The fourth-order valence-corrected chi connectivity index (χ4v) is 6.94. The second-order valence-electron chi connectivity index (χ2n) is 11.7. The Hall–Kier alpha value is -3.37. The molecule has 1 fully saturated rings. The highest BCUT2D eigenvalue weighted by Gasteiger charge is 2.27. The van der Waals surface area contributed by atoms with Crippen LogP contribution in [0.15, 0.2) is 45.9 Å². The Morgan fingerprint density at radius 3 is 2.28 bits per heavy atom. The van der Waals surface area contributed by atoms with Gasteiger partial charge in [0.1, 0.15) is 0 Å². The van der Waals surface area contributed by atoms with Gasteiger partial charge < -0.3 is 21.3 Å². The number of nitrogens with zero attached hydrogens (tertiary/aromatic N) is 3. The van der Waals surface area contributed by atoms with Gasteiger partial charge in [0, 0.05) is 63.2 Å². The maximum Gasteiger partial charge on any atom is 0.303 e.